The molecule has 1 aromatic heterocycles. The number of benzene rings is 3. The summed E-state index contributed by atoms with van der Waals surface area (Å²) in [6, 6.07) is 20.3. The van der Waals surface area contributed by atoms with Gasteiger partial charge in [-0.15, -0.1) is 0 Å². The highest BCUT2D eigenvalue weighted by atomic mass is 35.5. The van der Waals surface area contributed by atoms with Gasteiger partial charge >= 0.3 is 0 Å². The van der Waals surface area contributed by atoms with Gasteiger partial charge in [-0.25, -0.2) is 9.37 Å². The van der Waals surface area contributed by atoms with E-state index in [1.165, 1.54) is 12.1 Å². The molecule has 0 N–H and O–H groups in total. The van der Waals surface area contributed by atoms with Crippen molar-refractivity contribution in [2.24, 2.45) is 0 Å². The molecule has 0 bridgehead atoms. The summed E-state index contributed by atoms with van der Waals surface area (Å²) in [6.07, 6.45) is -0.735. The first-order valence-electron chi connectivity index (χ1n) is 9.78. The predicted molar refractivity (Wildman–Crippen MR) is 116 cm³/mol. The van der Waals surface area contributed by atoms with Crippen LogP contribution in [0.25, 0.3) is 11.1 Å². The lowest BCUT2D eigenvalue weighted by molar-refractivity contribution is -0.139. The largest absolute Gasteiger partial charge is 0.481 e. The summed E-state index contributed by atoms with van der Waals surface area (Å²) in [5, 5.41) is 0.552. The van der Waals surface area contributed by atoms with Crippen LogP contribution in [0, 0.1) is 5.82 Å². The van der Waals surface area contributed by atoms with Crippen LogP contribution in [0.4, 0.5) is 4.39 Å². The second kappa shape index (κ2) is 9.18. The van der Waals surface area contributed by atoms with Crippen molar-refractivity contribution in [3.63, 3.8) is 0 Å². The van der Waals surface area contributed by atoms with E-state index in [0.717, 1.165) is 5.56 Å². The molecule has 7 heteroatoms. The molecular formula is C24H20ClFN2O3. The van der Waals surface area contributed by atoms with E-state index < -0.39 is 6.10 Å². The van der Waals surface area contributed by atoms with E-state index in [0.29, 0.717) is 27.8 Å². The highest BCUT2D eigenvalue weighted by molar-refractivity contribution is 6.31. The Morgan fingerprint density at radius 3 is 2.58 bits per heavy atom. The van der Waals surface area contributed by atoms with Crippen LogP contribution in [0.5, 0.6) is 5.75 Å². The zero-order valence-electron chi connectivity index (χ0n) is 16.8. The van der Waals surface area contributed by atoms with Gasteiger partial charge in [0.05, 0.1) is 6.54 Å². The number of hydrogen-bond donors (Lipinski definition) is 0. The van der Waals surface area contributed by atoms with Crippen LogP contribution >= 0.6 is 11.6 Å². The van der Waals surface area contributed by atoms with Crippen molar-refractivity contribution in [1.82, 2.24) is 9.88 Å². The molecule has 4 aromatic rings. The molecule has 0 saturated carbocycles. The molecule has 1 atom stereocenters. The summed E-state index contributed by atoms with van der Waals surface area (Å²) in [5.41, 5.74) is 1.98. The lowest BCUT2D eigenvalue weighted by Crippen LogP contribution is -2.39. The Morgan fingerprint density at radius 1 is 1.10 bits per heavy atom. The number of carbonyl (C=O) groups is 1. The Labute approximate surface area is 184 Å². The molecule has 1 amide bonds. The Morgan fingerprint density at radius 2 is 1.84 bits per heavy atom. The van der Waals surface area contributed by atoms with Crippen LogP contribution in [0.2, 0.25) is 5.02 Å². The molecule has 0 saturated heterocycles. The number of oxazole rings is 1. The fraction of sp³-hybridized carbons (Fsp3) is 0.167. The van der Waals surface area contributed by atoms with Gasteiger partial charge in [-0.2, -0.15) is 0 Å². The number of para-hydroxylation sites is 1. The number of halogens is 2. The van der Waals surface area contributed by atoms with Gasteiger partial charge in [0.2, 0.25) is 5.89 Å². The topological polar surface area (TPSA) is 55.6 Å². The maximum Gasteiger partial charge on any atom is 0.264 e. The standard InChI is InChI=1S/C24H20ClFN2O3/c1-16(30-20-5-3-2-4-6-20)24(29)28(14-17-7-10-19(26)11-8-17)15-23-27-21-13-18(25)9-12-22(21)31-23/h2-13,16H,14-15H2,1H3. The van der Waals surface area contributed by atoms with Crippen molar-refractivity contribution in [3.8, 4) is 5.75 Å². The second-order valence-corrected chi connectivity index (χ2v) is 7.55. The summed E-state index contributed by atoms with van der Waals surface area (Å²) < 4.78 is 24.9. The third-order valence-electron chi connectivity index (χ3n) is 4.72. The second-order valence-electron chi connectivity index (χ2n) is 7.11. The first-order chi connectivity index (χ1) is 15.0. The minimum atomic E-state index is -0.735. The minimum Gasteiger partial charge on any atom is -0.481 e. The number of carbonyl (C=O) groups excluding carboxylic acids is 1. The highest BCUT2D eigenvalue weighted by Gasteiger charge is 2.24. The van der Waals surface area contributed by atoms with E-state index in [-0.39, 0.29) is 24.8 Å². The normalized spacial score (nSPS) is 12.0. The monoisotopic (exact) mass is 438 g/mol. The Bertz CT molecular complexity index is 1180. The molecule has 1 unspecified atom stereocenters. The molecule has 0 aliphatic heterocycles. The number of hydrogen-bond acceptors (Lipinski definition) is 4. The molecule has 0 fully saturated rings. The molecule has 1 heterocycles. The summed E-state index contributed by atoms with van der Waals surface area (Å²) in [4.78, 5) is 19.3. The highest BCUT2D eigenvalue weighted by Crippen LogP contribution is 2.22. The van der Waals surface area contributed by atoms with Gasteiger partial charge in [-0.05, 0) is 55.0 Å². The number of rotatable bonds is 7. The zero-order chi connectivity index (χ0) is 21.8. The average Bonchev–Trinajstić information content (AvgIpc) is 3.16. The number of amides is 1. The van der Waals surface area contributed by atoms with E-state index in [9.17, 15) is 9.18 Å². The maximum atomic E-state index is 13.3. The third-order valence-corrected chi connectivity index (χ3v) is 4.96. The van der Waals surface area contributed by atoms with Gasteiger partial charge < -0.3 is 14.1 Å². The van der Waals surface area contributed by atoms with E-state index in [1.807, 2.05) is 18.2 Å². The predicted octanol–water partition coefficient (Wildman–Crippen LogP) is 5.62. The number of fused-ring (bicyclic) bond motifs is 1. The van der Waals surface area contributed by atoms with Gasteiger partial charge in [0.1, 0.15) is 17.1 Å². The van der Waals surface area contributed by atoms with Crippen LogP contribution in [-0.2, 0) is 17.9 Å². The maximum absolute atomic E-state index is 13.3. The van der Waals surface area contributed by atoms with Crippen LogP contribution in [0.1, 0.15) is 18.4 Å². The van der Waals surface area contributed by atoms with Gasteiger partial charge in [0, 0.05) is 11.6 Å². The van der Waals surface area contributed by atoms with E-state index in [4.69, 9.17) is 20.8 Å². The Kier molecular flexibility index (Phi) is 6.18. The van der Waals surface area contributed by atoms with Gasteiger partial charge in [0.25, 0.3) is 5.91 Å². The van der Waals surface area contributed by atoms with Crippen LogP contribution in [0.15, 0.2) is 77.2 Å². The lowest BCUT2D eigenvalue weighted by atomic mass is 10.2. The fourth-order valence-electron chi connectivity index (χ4n) is 3.21. The van der Waals surface area contributed by atoms with Crippen LogP contribution in [0.3, 0.4) is 0 Å². The zero-order valence-corrected chi connectivity index (χ0v) is 17.6. The molecule has 0 spiro atoms. The fourth-order valence-corrected chi connectivity index (χ4v) is 3.38. The lowest BCUT2D eigenvalue weighted by Gasteiger charge is -2.25. The first-order valence-corrected chi connectivity index (χ1v) is 10.2. The van der Waals surface area contributed by atoms with Crippen molar-refractivity contribution >= 4 is 28.6 Å². The van der Waals surface area contributed by atoms with Gasteiger partial charge in [0.15, 0.2) is 11.7 Å². The molecule has 158 valence electrons. The quantitative estimate of drug-likeness (QED) is 0.376. The van der Waals surface area contributed by atoms with Crippen molar-refractivity contribution in [2.75, 3.05) is 0 Å². The van der Waals surface area contributed by atoms with Gasteiger partial charge in [-0.3, -0.25) is 4.79 Å². The van der Waals surface area contributed by atoms with Crippen molar-refractivity contribution in [2.45, 2.75) is 26.1 Å². The molecule has 0 radical (unpaired) electrons. The number of ether oxygens (including phenoxy) is 1. The van der Waals surface area contributed by atoms with E-state index >= 15 is 0 Å². The SMILES string of the molecule is CC(Oc1ccccc1)C(=O)N(Cc1ccc(F)cc1)Cc1nc2cc(Cl)ccc2o1. The molecule has 3 aromatic carbocycles. The Balaban J connectivity index is 1.57. The molecule has 0 aliphatic rings. The van der Waals surface area contributed by atoms with E-state index in [2.05, 4.69) is 4.98 Å². The van der Waals surface area contributed by atoms with Crippen LogP contribution in [-0.4, -0.2) is 21.9 Å². The molecule has 5 nitrogen and oxygen atoms in total. The smallest absolute Gasteiger partial charge is 0.264 e. The Hall–Kier alpha value is -3.38. The third kappa shape index (κ3) is 5.22. The van der Waals surface area contributed by atoms with Gasteiger partial charge in [-0.1, -0.05) is 41.9 Å². The molecule has 31 heavy (non-hydrogen) atoms. The molecule has 4 rings (SSSR count). The summed E-state index contributed by atoms with van der Waals surface area (Å²) in [7, 11) is 0. The van der Waals surface area contributed by atoms with Crippen LogP contribution < -0.4 is 4.74 Å². The number of aromatic nitrogens is 1. The average molecular weight is 439 g/mol. The van der Waals surface area contributed by atoms with Crippen molar-refractivity contribution in [1.29, 1.82) is 0 Å². The first kappa shape index (κ1) is 20.9. The van der Waals surface area contributed by atoms with Crippen molar-refractivity contribution < 1.29 is 18.3 Å². The molecule has 0 aliphatic carbocycles. The summed E-state index contributed by atoms with van der Waals surface area (Å²) >= 11 is 6.03. The molecular weight excluding hydrogens is 419 g/mol. The minimum absolute atomic E-state index is 0.130. The summed E-state index contributed by atoms with van der Waals surface area (Å²) in [5.74, 6) is 0.396. The van der Waals surface area contributed by atoms with E-state index in [1.54, 1.807) is 54.3 Å². The number of nitrogens with zero attached hydrogens (tertiary/aromatic N) is 2. The van der Waals surface area contributed by atoms with Crippen molar-refractivity contribution in [3.05, 3.63) is 95.1 Å². The summed E-state index contributed by atoms with van der Waals surface area (Å²) in [6.45, 7) is 2.07.